The lowest BCUT2D eigenvalue weighted by atomic mass is 10.0. The van der Waals surface area contributed by atoms with Crippen molar-refractivity contribution in [3.8, 4) is 11.1 Å². The molecule has 0 atom stereocenters. The van der Waals surface area contributed by atoms with Crippen molar-refractivity contribution < 1.29 is 18.0 Å². The van der Waals surface area contributed by atoms with Crippen molar-refractivity contribution in [3.63, 3.8) is 0 Å². The van der Waals surface area contributed by atoms with E-state index >= 15 is 4.39 Å². The summed E-state index contributed by atoms with van der Waals surface area (Å²) in [5.74, 6) is -3.35. The van der Waals surface area contributed by atoms with Crippen LogP contribution in [0.15, 0.2) is 60.9 Å². The van der Waals surface area contributed by atoms with Crippen LogP contribution < -0.4 is 10.2 Å². The van der Waals surface area contributed by atoms with Gasteiger partial charge in [0, 0.05) is 59.9 Å². The van der Waals surface area contributed by atoms with Crippen LogP contribution >= 0.6 is 11.6 Å². The zero-order valence-electron chi connectivity index (χ0n) is 20.8. The van der Waals surface area contributed by atoms with Gasteiger partial charge in [-0.05, 0) is 55.0 Å². The summed E-state index contributed by atoms with van der Waals surface area (Å²) in [5, 5.41) is 3.77. The van der Waals surface area contributed by atoms with Crippen molar-refractivity contribution in [1.82, 2.24) is 19.4 Å². The molecule has 5 aromatic rings. The minimum absolute atomic E-state index is 0.0371. The van der Waals surface area contributed by atoms with Gasteiger partial charge in [0.1, 0.15) is 11.5 Å². The summed E-state index contributed by atoms with van der Waals surface area (Å²) in [5.41, 5.74) is 3.46. The number of carbonyl (C=O) groups is 1. The highest BCUT2D eigenvalue weighted by atomic mass is 35.5. The van der Waals surface area contributed by atoms with Crippen LogP contribution in [0.1, 0.15) is 28.9 Å². The highest BCUT2D eigenvalue weighted by molar-refractivity contribution is 6.30. The second-order valence-electron chi connectivity index (χ2n) is 9.58. The second kappa shape index (κ2) is 9.53. The predicted octanol–water partition coefficient (Wildman–Crippen LogP) is 6.53. The fourth-order valence-corrected chi connectivity index (χ4v) is 4.84. The fraction of sp³-hybridized carbons (Fsp3) is 0.214. The highest BCUT2D eigenvalue weighted by Gasteiger charge is 2.35. The van der Waals surface area contributed by atoms with E-state index in [1.165, 1.54) is 12.1 Å². The Hall–Kier alpha value is -4.18. The van der Waals surface area contributed by atoms with Crippen LogP contribution in [0.2, 0.25) is 5.02 Å². The van der Waals surface area contributed by atoms with Crippen molar-refractivity contribution in [2.45, 2.75) is 25.7 Å². The van der Waals surface area contributed by atoms with E-state index in [4.69, 9.17) is 11.6 Å². The second-order valence-corrected chi connectivity index (χ2v) is 10.0. The number of aryl methyl sites for hydroxylation is 1. The zero-order chi connectivity index (χ0) is 27.3. The smallest absolute Gasteiger partial charge is 0.255 e. The van der Waals surface area contributed by atoms with Gasteiger partial charge in [0.2, 0.25) is 5.95 Å². The van der Waals surface area contributed by atoms with Crippen molar-refractivity contribution >= 4 is 45.8 Å². The van der Waals surface area contributed by atoms with Gasteiger partial charge >= 0.3 is 0 Å². The number of hydrogen-bond acceptors (Lipinski definition) is 5. The number of anilines is 2. The van der Waals surface area contributed by atoms with Crippen molar-refractivity contribution in [1.29, 1.82) is 0 Å². The molecule has 3 aromatic heterocycles. The fourth-order valence-electron chi connectivity index (χ4n) is 4.72. The largest absolute Gasteiger partial charge is 0.340 e. The summed E-state index contributed by atoms with van der Waals surface area (Å²) >= 11 is 5.88. The monoisotopic (exact) mass is 550 g/mol. The minimum atomic E-state index is -2.67. The molecule has 1 aliphatic rings. The van der Waals surface area contributed by atoms with E-state index in [2.05, 4.69) is 20.3 Å². The number of alkyl halides is 2. The summed E-state index contributed by atoms with van der Waals surface area (Å²) in [6.07, 6.45) is 2.97. The first-order valence-corrected chi connectivity index (χ1v) is 12.7. The third-order valence-corrected chi connectivity index (χ3v) is 7.04. The summed E-state index contributed by atoms with van der Waals surface area (Å²) in [4.78, 5) is 28.0. The standard InChI is InChI=1S/C28H22ClF3N6O/c1-16-15-38-24-19(14-33-27(36-24)37-10-8-28(31,32)9-11-37)12-21(25(38)34-16)18-4-7-23(22(30)13-18)35-26(39)17-2-5-20(29)6-3-17/h2-7,12-15H,8-11H2,1H3,(H,35,39). The average molecular weight is 551 g/mol. The summed E-state index contributed by atoms with van der Waals surface area (Å²) < 4.78 is 44.2. The Kier molecular flexibility index (Phi) is 6.14. The van der Waals surface area contributed by atoms with Crippen LogP contribution in [0.5, 0.6) is 0 Å². The first-order valence-electron chi connectivity index (χ1n) is 12.3. The Morgan fingerprint density at radius 2 is 1.77 bits per heavy atom. The summed E-state index contributed by atoms with van der Waals surface area (Å²) in [7, 11) is 0. The summed E-state index contributed by atoms with van der Waals surface area (Å²) in [6, 6.07) is 12.7. The van der Waals surface area contributed by atoms with Gasteiger partial charge in [0.15, 0.2) is 5.65 Å². The number of piperidine rings is 1. The topological polar surface area (TPSA) is 75.4 Å². The van der Waals surface area contributed by atoms with Gasteiger partial charge in [0.05, 0.1) is 11.4 Å². The van der Waals surface area contributed by atoms with Crippen molar-refractivity contribution in [3.05, 3.63) is 83.0 Å². The minimum Gasteiger partial charge on any atom is -0.340 e. The molecule has 0 unspecified atom stereocenters. The maximum atomic E-state index is 15.2. The van der Waals surface area contributed by atoms with Gasteiger partial charge in [-0.1, -0.05) is 17.7 Å². The van der Waals surface area contributed by atoms with Gasteiger partial charge in [-0.2, -0.15) is 4.98 Å². The van der Waals surface area contributed by atoms with E-state index < -0.39 is 17.6 Å². The molecule has 0 bridgehead atoms. The third-order valence-electron chi connectivity index (χ3n) is 6.79. The molecule has 0 aliphatic carbocycles. The van der Waals surface area contributed by atoms with E-state index in [0.717, 1.165) is 5.69 Å². The number of nitrogens with zero attached hydrogens (tertiary/aromatic N) is 5. The molecule has 4 heterocycles. The molecular formula is C28H22ClF3N6O. The number of carbonyl (C=O) groups excluding carboxylic acids is 1. The lowest BCUT2D eigenvalue weighted by Crippen LogP contribution is -2.40. The van der Waals surface area contributed by atoms with Gasteiger partial charge < -0.3 is 10.2 Å². The van der Waals surface area contributed by atoms with Gasteiger partial charge in [0.25, 0.3) is 11.8 Å². The maximum Gasteiger partial charge on any atom is 0.255 e. The number of rotatable bonds is 4. The number of halogens is 4. The highest BCUT2D eigenvalue weighted by Crippen LogP contribution is 2.33. The Bertz CT molecular complexity index is 1730. The average Bonchev–Trinajstić information content (AvgIpc) is 3.31. The Labute approximate surface area is 226 Å². The van der Waals surface area contributed by atoms with E-state index in [1.807, 2.05) is 19.2 Å². The number of benzene rings is 2. The molecule has 6 rings (SSSR count). The van der Waals surface area contributed by atoms with Crippen LogP contribution in [-0.4, -0.2) is 44.3 Å². The molecule has 1 amide bonds. The molecule has 0 spiro atoms. The molecule has 7 nitrogen and oxygen atoms in total. The summed E-state index contributed by atoms with van der Waals surface area (Å²) in [6.45, 7) is 2.18. The SMILES string of the molecule is Cc1cn2c(n1)c(-c1ccc(NC(=O)c3ccc(Cl)cc3)c(F)c1)cc1cnc(N3CCC(F)(F)CC3)nc12. The number of aromatic nitrogens is 4. The molecule has 1 saturated heterocycles. The maximum absolute atomic E-state index is 15.2. The molecular weight excluding hydrogens is 529 g/mol. The Morgan fingerprint density at radius 1 is 1.03 bits per heavy atom. The first kappa shape index (κ1) is 25.1. The van der Waals surface area contributed by atoms with Crippen LogP contribution in [0, 0.1) is 12.7 Å². The molecule has 39 heavy (non-hydrogen) atoms. The quantitative estimate of drug-likeness (QED) is 0.275. The van der Waals surface area contributed by atoms with Crippen LogP contribution in [0.3, 0.4) is 0 Å². The number of nitrogens with one attached hydrogen (secondary N) is 1. The Balaban J connectivity index is 1.35. The first-order chi connectivity index (χ1) is 18.7. The number of amides is 1. The lowest BCUT2D eigenvalue weighted by Gasteiger charge is -2.31. The predicted molar refractivity (Wildman–Crippen MR) is 144 cm³/mol. The lowest BCUT2D eigenvalue weighted by molar-refractivity contribution is -0.0222. The molecule has 0 saturated carbocycles. The van der Waals surface area contributed by atoms with Gasteiger partial charge in [-0.25, -0.2) is 23.1 Å². The van der Waals surface area contributed by atoms with E-state index in [0.29, 0.717) is 44.3 Å². The number of pyridine rings is 1. The van der Waals surface area contributed by atoms with E-state index in [1.54, 1.807) is 45.8 Å². The van der Waals surface area contributed by atoms with Crippen molar-refractivity contribution in [2.75, 3.05) is 23.3 Å². The molecule has 1 aliphatic heterocycles. The molecule has 0 radical (unpaired) electrons. The Morgan fingerprint density at radius 3 is 2.49 bits per heavy atom. The molecule has 2 aromatic carbocycles. The van der Waals surface area contributed by atoms with Crippen molar-refractivity contribution in [2.24, 2.45) is 0 Å². The third kappa shape index (κ3) is 4.87. The number of imidazole rings is 1. The van der Waals surface area contributed by atoms with E-state index in [-0.39, 0.29) is 31.6 Å². The molecule has 11 heteroatoms. The number of fused-ring (bicyclic) bond motifs is 3. The molecule has 1 fully saturated rings. The van der Waals surface area contributed by atoms with Crippen LogP contribution in [0.4, 0.5) is 24.8 Å². The molecule has 198 valence electrons. The number of hydrogen-bond donors (Lipinski definition) is 1. The van der Waals surface area contributed by atoms with Crippen LogP contribution in [-0.2, 0) is 0 Å². The van der Waals surface area contributed by atoms with E-state index in [9.17, 15) is 13.6 Å². The molecule has 1 N–H and O–H groups in total. The van der Waals surface area contributed by atoms with Gasteiger partial charge in [-0.3, -0.25) is 9.20 Å². The van der Waals surface area contributed by atoms with Gasteiger partial charge in [-0.15, -0.1) is 0 Å². The zero-order valence-corrected chi connectivity index (χ0v) is 21.5. The normalized spacial score (nSPS) is 15.2. The van der Waals surface area contributed by atoms with Crippen LogP contribution in [0.25, 0.3) is 27.8 Å².